The third kappa shape index (κ3) is 5.43. The van der Waals surface area contributed by atoms with E-state index >= 15 is 0 Å². The number of methoxy groups -OCH3 is 2. The number of anilines is 1. The van der Waals surface area contributed by atoms with E-state index in [9.17, 15) is 9.59 Å². The van der Waals surface area contributed by atoms with Gasteiger partial charge in [0.15, 0.2) is 11.5 Å². The van der Waals surface area contributed by atoms with Gasteiger partial charge in [0.1, 0.15) is 11.6 Å². The van der Waals surface area contributed by atoms with Crippen LogP contribution in [0.3, 0.4) is 0 Å². The van der Waals surface area contributed by atoms with E-state index in [1.54, 1.807) is 25.3 Å². The molecule has 0 saturated carbocycles. The van der Waals surface area contributed by atoms with Crippen molar-refractivity contribution >= 4 is 45.9 Å². The number of nitrogens with one attached hydrogen (secondary N) is 1. The molecule has 1 aromatic heterocycles. The lowest BCUT2D eigenvalue weighted by molar-refractivity contribution is -0.111. The highest BCUT2D eigenvalue weighted by Crippen LogP contribution is 2.39. The molecule has 1 heterocycles. The average molecular weight is 498 g/mol. The monoisotopic (exact) mass is 497 g/mol. The molecule has 4 rings (SSSR count). The first-order valence-electron chi connectivity index (χ1n) is 10.8. The lowest BCUT2D eigenvalue weighted by Gasteiger charge is -2.11. The third-order valence-electron chi connectivity index (χ3n) is 5.47. The standard InChI is InChI=1S/C26H24ClNO5S/c1-31-21-14-16(8-12-20(21)33-15-17-6-10-18(27)11-7-17)9-13-23(29)28-25-24(26(30)32-2)19-4-3-5-22(19)34-25/h6-14H,3-5,15H2,1-2H3,(H,28,29)/b13-9+. The lowest BCUT2D eigenvalue weighted by Crippen LogP contribution is -2.12. The van der Waals surface area contributed by atoms with Gasteiger partial charge in [0.2, 0.25) is 5.91 Å². The van der Waals surface area contributed by atoms with E-state index in [1.807, 2.05) is 30.3 Å². The van der Waals surface area contributed by atoms with Crippen LogP contribution in [-0.2, 0) is 29.0 Å². The number of benzene rings is 2. The number of carbonyl (C=O) groups is 2. The molecule has 0 aliphatic heterocycles. The quantitative estimate of drug-likeness (QED) is 0.309. The van der Waals surface area contributed by atoms with E-state index < -0.39 is 5.97 Å². The first kappa shape index (κ1) is 23.9. The summed E-state index contributed by atoms with van der Waals surface area (Å²) in [7, 11) is 2.91. The number of thiophene rings is 1. The van der Waals surface area contributed by atoms with Crippen molar-refractivity contribution in [3.63, 3.8) is 0 Å². The number of ether oxygens (including phenoxy) is 3. The molecule has 0 radical (unpaired) electrons. The van der Waals surface area contributed by atoms with Crippen molar-refractivity contribution in [3.05, 3.63) is 80.7 Å². The van der Waals surface area contributed by atoms with Gasteiger partial charge in [-0.3, -0.25) is 4.79 Å². The summed E-state index contributed by atoms with van der Waals surface area (Å²) in [6, 6.07) is 12.9. The number of rotatable bonds is 8. The normalized spacial score (nSPS) is 12.4. The Morgan fingerprint density at radius 3 is 2.62 bits per heavy atom. The summed E-state index contributed by atoms with van der Waals surface area (Å²) in [6.45, 7) is 0.373. The molecule has 1 aliphatic carbocycles. The van der Waals surface area contributed by atoms with Crippen molar-refractivity contribution in [1.82, 2.24) is 0 Å². The molecule has 2 aromatic carbocycles. The van der Waals surface area contributed by atoms with Gasteiger partial charge in [-0.05, 0) is 66.3 Å². The average Bonchev–Trinajstić information content (AvgIpc) is 3.43. The summed E-state index contributed by atoms with van der Waals surface area (Å²) in [6.07, 6.45) is 5.87. The van der Waals surface area contributed by atoms with E-state index in [0.717, 1.165) is 40.8 Å². The zero-order chi connectivity index (χ0) is 24.1. The van der Waals surface area contributed by atoms with Crippen molar-refractivity contribution < 1.29 is 23.8 Å². The predicted molar refractivity (Wildman–Crippen MR) is 134 cm³/mol. The Labute approximate surface area is 207 Å². The molecule has 0 saturated heterocycles. The first-order valence-corrected chi connectivity index (χ1v) is 11.9. The van der Waals surface area contributed by atoms with Crippen LogP contribution in [0, 0.1) is 0 Å². The van der Waals surface area contributed by atoms with Gasteiger partial charge in [0, 0.05) is 16.0 Å². The molecule has 0 bridgehead atoms. The molecule has 0 spiro atoms. The fourth-order valence-electron chi connectivity index (χ4n) is 3.78. The minimum Gasteiger partial charge on any atom is -0.493 e. The summed E-state index contributed by atoms with van der Waals surface area (Å²) in [4.78, 5) is 26.0. The molecule has 0 unspecified atom stereocenters. The van der Waals surface area contributed by atoms with Crippen LogP contribution in [0.15, 0.2) is 48.5 Å². The maximum Gasteiger partial charge on any atom is 0.341 e. The number of hydrogen-bond donors (Lipinski definition) is 1. The molecule has 0 fully saturated rings. The molecule has 34 heavy (non-hydrogen) atoms. The van der Waals surface area contributed by atoms with E-state index in [1.165, 1.54) is 24.5 Å². The minimum atomic E-state index is -0.419. The molecular weight excluding hydrogens is 474 g/mol. The molecule has 6 nitrogen and oxygen atoms in total. The maximum absolute atomic E-state index is 12.6. The van der Waals surface area contributed by atoms with Gasteiger partial charge >= 0.3 is 5.97 Å². The van der Waals surface area contributed by atoms with Crippen LogP contribution in [0.25, 0.3) is 6.08 Å². The van der Waals surface area contributed by atoms with Crippen molar-refractivity contribution in [2.45, 2.75) is 25.9 Å². The van der Waals surface area contributed by atoms with Crippen LogP contribution in [0.2, 0.25) is 5.02 Å². The van der Waals surface area contributed by atoms with Gasteiger partial charge < -0.3 is 19.5 Å². The van der Waals surface area contributed by atoms with Crippen LogP contribution in [0.4, 0.5) is 5.00 Å². The second-order valence-electron chi connectivity index (χ2n) is 7.70. The van der Waals surface area contributed by atoms with E-state index in [2.05, 4.69) is 5.32 Å². The van der Waals surface area contributed by atoms with Crippen LogP contribution < -0.4 is 14.8 Å². The molecule has 1 amide bonds. The number of halogens is 1. The number of fused-ring (bicyclic) bond motifs is 1. The van der Waals surface area contributed by atoms with Gasteiger partial charge in [-0.15, -0.1) is 11.3 Å². The van der Waals surface area contributed by atoms with Gasteiger partial charge in [-0.2, -0.15) is 0 Å². The Morgan fingerprint density at radius 2 is 1.88 bits per heavy atom. The summed E-state index contributed by atoms with van der Waals surface area (Å²) in [5.41, 5.74) is 3.23. The minimum absolute atomic E-state index is 0.327. The van der Waals surface area contributed by atoms with Gasteiger partial charge in [-0.1, -0.05) is 29.8 Å². The van der Waals surface area contributed by atoms with Crippen LogP contribution in [0.5, 0.6) is 11.5 Å². The summed E-state index contributed by atoms with van der Waals surface area (Å²) >= 11 is 7.37. The Morgan fingerprint density at radius 1 is 1.09 bits per heavy atom. The zero-order valence-electron chi connectivity index (χ0n) is 18.9. The summed E-state index contributed by atoms with van der Waals surface area (Å²) < 4.78 is 16.3. The van der Waals surface area contributed by atoms with Crippen molar-refractivity contribution in [3.8, 4) is 11.5 Å². The van der Waals surface area contributed by atoms with Gasteiger partial charge in [0.25, 0.3) is 0 Å². The second kappa shape index (κ2) is 10.8. The van der Waals surface area contributed by atoms with Crippen molar-refractivity contribution in [2.75, 3.05) is 19.5 Å². The predicted octanol–water partition coefficient (Wildman–Crippen LogP) is 5.92. The molecular formula is C26H24ClNO5S. The smallest absolute Gasteiger partial charge is 0.341 e. The fraction of sp³-hybridized carbons (Fsp3) is 0.231. The topological polar surface area (TPSA) is 73.9 Å². The molecule has 176 valence electrons. The van der Waals surface area contributed by atoms with E-state index in [-0.39, 0.29) is 5.91 Å². The highest BCUT2D eigenvalue weighted by atomic mass is 35.5. The highest BCUT2D eigenvalue weighted by molar-refractivity contribution is 7.17. The Balaban J connectivity index is 1.43. The molecule has 1 aliphatic rings. The third-order valence-corrected chi connectivity index (χ3v) is 6.93. The van der Waals surface area contributed by atoms with Crippen LogP contribution in [-0.4, -0.2) is 26.1 Å². The molecule has 1 N–H and O–H groups in total. The molecule has 8 heteroatoms. The van der Waals surface area contributed by atoms with E-state index in [4.69, 9.17) is 25.8 Å². The number of aryl methyl sites for hydroxylation is 1. The fourth-order valence-corrected chi connectivity index (χ4v) is 5.19. The maximum atomic E-state index is 12.6. The molecule has 3 aromatic rings. The second-order valence-corrected chi connectivity index (χ2v) is 9.24. The van der Waals surface area contributed by atoms with Crippen LogP contribution >= 0.6 is 22.9 Å². The summed E-state index contributed by atoms with van der Waals surface area (Å²) in [5.74, 6) is 0.402. The van der Waals surface area contributed by atoms with Gasteiger partial charge in [-0.25, -0.2) is 4.79 Å². The van der Waals surface area contributed by atoms with Crippen LogP contribution in [0.1, 0.15) is 38.3 Å². The molecule has 0 atom stereocenters. The SMILES string of the molecule is COC(=O)c1c(NC(=O)/C=C/c2ccc(OCc3ccc(Cl)cc3)c(OC)c2)sc2c1CCC2. The number of carbonyl (C=O) groups excluding carboxylic acids is 2. The Bertz CT molecular complexity index is 1230. The Kier molecular flexibility index (Phi) is 7.55. The highest BCUT2D eigenvalue weighted by Gasteiger charge is 2.27. The summed E-state index contributed by atoms with van der Waals surface area (Å²) in [5, 5.41) is 4.04. The Hall–Kier alpha value is -3.29. The van der Waals surface area contributed by atoms with Gasteiger partial charge in [0.05, 0.1) is 19.8 Å². The van der Waals surface area contributed by atoms with Crippen molar-refractivity contribution in [2.24, 2.45) is 0 Å². The number of esters is 1. The number of hydrogen-bond acceptors (Lipinski definition) is 6. The van der Waals surface area contributed by atoms with E-state index in [0.29, 0.717) is 33.7 Å². The lowest BCUT2D eigenvalue weighted by atomic mass is 10.1. The first-order chi connectivity index (χ1) is 16.5. The largest absolute Gasteiger partial charge is 0.493 e. The number of amides is 1. The zero-order valence-corrected chi connectivity index (χ0v) is 20.4. The van der Waals surface area contributed by atoms with Crippen molar-refractivity contribution in [1.29, 1.82) is 0 Å².